The van der Waals surface area contributed by atoms with Crippen LogP contribution in [0.3, 0.4) is 0 Å². The lowest BCUT2D eigenvalue weighted by Crippen LogP contribution is -2.36. The highest BCUT2D eigenvalue weighted by atomic mass is 32.2. The summed E-state index contributed by atoms with van der Waals surface area (Å²) in [5, 5.41) is 3.58. The molecule has 4 nitrogen and oxygen atoms in total. The Balaban J connectivity index is 1.48. The molecule has 1 aliphatic rings. The van der Waals surface area contributed by atoms with Crippen LogP contribution in [0.15, 0.2) is 40.1 Å². The molecule has 0 spiro atoms. The van der Waals surface area contributed by atoms with Crippen molar-refractivity contribution < 1.29 is 13.6 Å². The number of amides is 1. The second kappa shape index (κ2) is 9.04. The molecule has 6 heteroatoms. The Morgan fingerprint density at radius 2 is 1.84 bits per heavy atom. The average Bonchev–Trinajstić information content (AvgIpc) is 3.05. The summed E-state index contributed by atoms with van der Waals surface area (Å²) in [6.07, 6.45) is 9.98. The number of hydrogen-bond donors (Lipinski definition) is 1. The van der Waals surface area contributed by atoms with E-state index < -0.39 is 0 Å². The van der Waals surface area contributed by atoms with E-state index in [9.17, 15) is 9.18 Å². The Bertz CT molecular complexity index is 679. The predicted octanol–water partition coefficient (Wildman–Crippen LogP) is 4.80. The normalized spacial score (nSPS) is 16.2. The molecule has 0 atom stereocenters. The molecule has 0 saturated heterocycles. The highest BCUT2D eigenvalue weighted by Gasteiger charge is 2.15. The zero-order chi connectivity index (χ0) is 17.5. The number of nitrogens with zero attached hydrogens (tertiary/aromatic N) is 1. The summed E-state index contributed by atoms with van der Waals surface area (Å²) in [6.45, 7) is 0. The number of nitrogens with one attached hydrogen (secondary N) is 1. The standard InChI is InChI=1S/C19H23FN2O2S/c20-15-10-8-14(9-11-15)17-12-21-19(24-17)25-13-18(23)22-16-6-4-2-1-3-5-7-16/h8-12,16H,1-7,13H2,(H,22,23). The minimum atomic E-state index is -0.288. The summed E-state index contributed by atoms with van der Waals surface area (Å²) in [5.41, 5.74) is 0.764. The van der Waals surface area contributed by atoms with Crippen molar-refractivity contribution in [3.8, 4) is 11.3 Å². The molecule has 1 saturated carbocycles. The van der Waals surface area contributed by atoms with E-state index in [-0.39, 0.29) is 11.7 Å². The number of carbonyl (C=O) groups excluding carboxylic acids is 1. The third kappa shape index (κ3) is 5.59. The zero-order valence-corrected chi connectivity index (χ0v) is 15.0. The summed E-state index contributed by atoms with van der Waals surface area (Å²) in [4.78, 5) is 16.3. The van der Waals surface area contributed by atoms with Gasteiger partial charge in [0.05, 0.1) is 11.9 Å². The molecule has 1 aromatic carbocycles. The Labute approximate surface area is 151 Å². The minimum absolute atomic E-state index is 0.0251. The van der Waals surface area contributed by atoms with E-state index in [1.54, 1.807) is 18.3 Å². The van der Waals surface area contributed by atoms with Crippen molar-refractivity contribution in [2.75, 3.05) is 5.75 Å². The monoisotopic (exact) mass is 362 g/mol. The van der Waals surface area contributed by atoms with Crippen molar-refractivity contribution in [1.82, 2.24) is 10.3 Å². The van der Waals surface area contributed by atoms with E-state index in [4.69, 9.17) is 4.42 Å². The Hall–Kier alpha value is -1.82. The van der Waals surface area contributed by atoms with Gasteiger partial charge in [0.1, 0.15) is 5.82 Å². The van der Waals surface area contributed by atoms with E-state index in [2.05, 4.69) is 10.3 Å². The third-order valence-corrected chi connectivity index (χ3v) is 5.25. The Morgan fingerprint density at radius 1 is 1.16 bits per heavy atom. The van der Waals surface area contributed by atoms with Gasteiger partial charge in [0.2, 0.25) is 5.91 Å². The lowest BCUT2D eigenvalue weighted by Gasteiger charge is -2.20. The number of carbonyl (C=O) groups is 1. The van der Waals surface area contributed by atoms with E-state index in [1.807, 2.05) is 0 Å². The molecule has 0 aliphatic heterocycles. The maximum absolute atomic E-state index is 13.0. The van der Waals surface area contributed by atoms with Gasteiger partial charge in [-0.15, -0.1) is 0 Å². The van der Waals surface area contributed by atoms with Crippen molar-refractivity contribution in [2.24, 2.45) is 0 Å². The first-order valence-electron chi connectivity index (χ1n) is 8.84. The molecule has 2 aromatic rings. The van der Waals surface area contributed by atoms with Gasteiger partial charge in [0.25, 0.3) is 5.22 Å². The second-order valence-corrected chi connectivity index (χ2v) is 7.32. The lowest BCUT2D eigenvalue weighted by atomic mass is 9.97. The first-order chi connectivity index (χ1) is 12.2. The largest absolute Gasteiger partial charge is 0.431 e. The van der Waals surface area contributed by atoms with Crippen LogP contribution in [-0.4, -0.2) is 22.7 Å². The van der Waals surface area contributed by atoms with Crippen LogP contribution < -0.4 is 5.32 Å². The summed E-state index contributed by atoms with van der Waals surface area (Å²) in [5.74, 6) is 0.601. The molecule has 1 amide bonds. The number of benzene rings is 1. The van der Waals surface area contributed by atoms with Crippen LogP contribution in [0, 0.1) is 5.82 Å². The van der Waals surface area contributed by atoms with Gasteiger partial charge in [-0.05, 0) is 37.1 Å². The number of oxazole rings is 1. The Kier molecular flexibility index (Phi) is 6.50. The molecule has 1 N–H and O–H groups in total. The van der Waals surface area contributed by atoms with E-state index in [0.717, 1.165) is 18.4 Å². The molecule has 25 heavy (non-hydrogen) atoms. The Morgan fingerprint density at radius 3 is 2.56 bits per heavy atom. The third-order valence-electron chi connectivity index (χ3n) is 4.41. The number of hydrogen-bond acceptors (Lipinski definition) is 4. The number of thioether (sulfide) groups is 1. The SMILES string of the molecule is O=C(CSc1ncc(-c2ccc(F)cc2)o1)NC1CCCCCCC1. The lowest BCUT2D eigenvalue weighted by molar-refractivity contribution is -0.119. The smallest absolute Gasteiger partial charge is 0.256 e. The van der Waals surface area contributed by atoms with Gasteiger partial charge in [0, 0.05) is 11.6 Å². The highest BCUT2D eigenvalue weighted by Crippen LogP contribution is 2.25. The maximum atomic E-state index is 13.0. The van der Waals surface area contributed by atoms with Gasteiger partial charge in [0.15, 0.2) is 5.76 Å². The van der Waals surface area contributed by atoms with E-state index >= 15 is 0 Å². The molecule has 0 radical (unpaired) electrons. The van der Waals surface area contributed by atoms with E-state index in [0.29, 0.717) is 22.8 Å². The molecule has 1 aromatic heterocycles. The highest BCUT2D eigenvalue weighted by molar-refractivity contribution is 7.99. The van der Waals surface area contributed by atoms with Crippen molar-refractivity contribution in [3.05, 3.63) is 36.3 Å². The molecule has 1 fully saturated rings. The van der Waals surface area contributed by atoms with Crippen molar-refractivity contribution >= 4 is 17.7 Å². The van der Waals surface area contributed by atoms with Crippen LogP contribution >= 0.6 is 11.8 Å². The van der Waals surface area contributed by atoms with Gasteiger partial charge in [-0.2, -0.15) is 0 Å². The van der Waals surface area contributed by atoms with Gasteiger partial charge >= 0.3 is 0 Å². The van der Waals surface area contributed by atoms with Gasteiger partial charge in [-0.25, -0.2) is 9.37 Å². The van der Waals surface area contributed by atoms with Gasteiger partial charge < -0.3 is 9.73 Å². The molecular formula is C19H23FN2O2S. The number of rotatable bonds is 5. The quantitative estimate of drug-likeness (QED) is 0.776. The van der Waals surface area contributed by atoms with Crippen LogP contribution in [0.25, 0.3) is 11.3 Å². The molecule has 3 rings (SSSR count). The second-order valence-electron chi connectivity index (χ2n) is 6.40. The summed E-state index contributed by atoms with van der Waals surface area (Å²) >= 11 is 1.28. The van der Waals surface area contributed by atoms with Gasteiger partial charge in [-0.3, -0.25) is 4.79 Å². The zero-order valence-electron chi connectivity index (χ0n) is 14.2. The van der Waals surface area contributed by atoms with Crippen LogP contribution in [0.2, 0.25) is 0 Å². The van der Waals surface area contributed by atoms with E-state index in [1.165, 1.54) is 56.0 Å². The fourth-order valence-corrected chi connectivity index (χ4v) is 3.68. The van der Waals surface area contributed by atoms with Gasteiger partial charge in [-0.1, -0.05) is 43.9 Å². The predicted molar refractivity (Wildman–Crippen MR) is 96.9 cm³/mol. The van der Waals surface area contributed by atoms with Crippen LogP contribution in [0.5, 0.6) is 0 Å². The molecule has 134 valence electrons. The minimum Gasteiger partial charge on any atom is -0.431 e. The summed E-state index contributed by atoms with van der Waals surface area (Å²) < 4.78 is 18.6. The maximum Gasteiger partial charge on any atom is 0.256 e. The molecule has 1 aliphatic carbocycles. The molecular weight excluding hydrogens is 339 g/mol. The van der Waals surface area contributed by atoms with Crippen LogP contribution in [0.1, 0.15) is 44.9 Å². The van der Waals surface area contributed by atoms with Crippen molar-refractivity contribution in [2.45, 2.75) is 56.2 Å². The fraction of sp³-hybridized carbons (Fsp3) is 0.474. The molecule has 0 bridgehead atoms. The van der Waals surface area contributed by atoms with Crippen molar-refractivity contribution in [3.63, 3.8) is 0 Å². The van der Waals surface area contributed by atoms with Crippen LogP contribution in [0.4, 0.5) is 4.39 Å². The van der Waals surface area contributed by atoms with Crippen LogP contribution in [-0.2, 0) is 4.79 Å². The topological polar surface area (TPSA) is 55.1 Å². The summed E-state index contributed by atoms with van der Waals surface area (Å²) in [7, 11) is 0. The van der Waals surface area contributed by atoms with Crippen molar-refractivity contribution in [1.29, 1.82) is 0 Å². The molecule has 0 unspecified atom stereocenters. The first kappa shape index (κ1) is 18.0. The summed E-state index contributed by atoms with van der Waals surface area (Å²) in [6, 6.07) is 6.35. The fourth-order valence-electron chi connectivity index (χ4n) is 3.07. The average molecular weight is 362 g/mol. The number of halogens is 1. The number of aromatic nitrogens is 1. The molecule has 1 heterocycles. The first-order valence-corrected chi connectivity index (χ1v) is 9.83.